The molecule has 20 heavy (non-hydrogen) atoms. The Morgan fingerprint density at radius 1 is 1.55 bits per heavy atom. The van der Waals surface area contributed by atoms with Crippen LogP contribution in [0.2, 0.25) is 5.02 Å². The molecule has 1 saturated heterocycles. The van der Waals surface area contributed by atoms with Crippen LogP contribution in [0, 0.1) is 16.0 Å². The van der Waals surface area contributed by atoms with E-state index in [-0.39, 0.29) is 28.8 Å². The summed E-state index contributed by atoms with van der Waals surface area (Å²) in [7, 11) is 0. The Morgan fingerprint density at radius 2 is 2.30 bits per heavy atom. The summed E-state index contributed by atoms with van der Waals surface area (Å²) in [6.45, 7) is 0.934. The minimum absolute atomic E-state index is 0.00833. The summed E-state index contributed by atoms with van der Waals surface area (Å²) in [6.07, 6.45) is 1.63. The summed E-state index contributed by atoms with van der Waals surface area (Å²) in [4.78, 5) is 24.4. The van der Waals surface area contributed by atoms with Crippen molar-refractivity contribution in [2.24, 2.45) is 5.92 Å². The molecule has 1 aromatic rings. The number of hydrogen-bond donors (Lipinski definition) is 1. The number of rotatable bonds is 3. The lowest BCUT2D eigenvalue weighted by atomic mass is 9.98. The van der Waals surface area contributed by atoms with Gasteiger partial charge in [-0.2, -0.15) is 0 Å². The Bertz CT molecular complexity index is 535. The average Bonchev–Trinajstić information content (AvgIpc) is 2.46. The first-order chi connectivity index (χ1) is 9.54. The molecule has 2 rings (SSSR count). The van der Waals surface area contributed by atoms with Crippen LogP contribution in [0.4, 0.5) is 5.69 Å². The number of halogens is 1. The number of nitrogens with zero attached hydrogens (tertiary/aromatic N) is 2. The predicted molar refractivity (Wildman–Crippen MR) is 73.8 cm³/mol. The van der Waals surface area contributed by atoms with E-state index in [9.17, 15) is 20.0 Å². The van der Waals surface area contributed by atoms with Gasteiger partial charge in [-0.05, 0) is 24.8 Å². The summed E-state index contributed by atoms with van der Waals surface area (Å²) < 4.78 is 0. The van der Waals surface area contributed by atoms with E-state index in [1.807, 2.05) is 0 Å². The van der Waals surface area contributed by atoms with Crippen molar-refractivity contribution in [3.63, 3.8) is 0 Å². The minimum atomic E-state index is -0.605. The lowest BCUT2D eigenvalue weighted by molar-refractivity contribution is -0.385. The minimum Gasteiger partial charge on any atom is -0.396 e. The van der Waals surface area contributed by atoms with E-state index in [0.29, 0.717) is 13.1 Å². The van der Waals surface area contributed by atoms with Gasteiger partial charge >= 0.3 is 0 Å². The Hall–Kier alpha value is -1.66. The maximum absolute atomic E-state index is 12.5. The molecule has 0 radical (unpaired) electrons. The van der Waals surface area contributed by atoms with Crippen LogP contribution < -0.4 is 0 Å². The molecule has 0 bridgehead atoms. The third-order valence-corrected chi connectivity index (χ3v) is 3.78. The molecule has 1 amide bonds. The van der Waals surface area contributed by atoms with Crippen molar-refractivity contribution in [1.82, 2.24) is 4.90 Å². The third kappa shape index (κ3) is 2.91. The van der Waals surface area contributed by atoms with Gasteiger partial charge in [-0.1, -0.05) is 17.7 Å². The topological polar surface area (TPSA) is 83.7 Å². The highest BCUT2D eigenvalue weighted by molar-refractivity contribution is 6.34. The van der Waals surface area contributed by atoms with Crippen molar-refractivity contribution >= 4 is 23.2 Å². The molecular weight excluding hydrogens is 284 g/mol. The smallest absolute Gasteiger partial charge is 0.283 e. The Morgan fingerprint density at radius 3 is 2.95 bits per heavy atom. The molecule has 0 saturated carbocycles. The van der Waals surface area contributed by atoms with Crippen LogP contribution in [0.25, 0.3) is 0 Å². The fraction of sp³-hybridized carbons (Fsp3) is 0.462. The van der Waals surface area contributed by atoms with Crippen molar-refractivity contribution in [3.8, 4) is 0 Å². The molecule has 1 aliphatic heterocycles. The monoisotopic (exact) mass is 298 g/mol. The maximum atomic E-state index is 12.5. The number of carbonyl (C=O) groups excluding carboxylic acids is 1. The quantitative estimate of drug-likeness (QED) is 0.684. The predicted octanol–water partition coefficient (Wildman–Crippen LogP) is 2.09. The Balaban J connectivity index is 2.31. The zero-order chi connectivity index (χ0) is 14.7. The second-order valence-electron chi connectivity index (χ2n) is 4.83. The van der Waals surface area contributed by atoms with Gasteiger partial charge in [-0.3, -0.25) is 14.9 Å². The van der Waals surface area contributed by atoms with Crippen molar-refractivity contribution in [2.75, 3.05) is 19.7 Å². The van der Waals surface area contributed by atoms with Crippen molar-refractivity contribution < 1.29 is 14.8 Å². The molecule has 1 N–H and O–H groups in total. The molecule has 1 fully saturated rings. The van der Waals surface area contributed by atoms with Gasteiger partial charge < -0.3 is 10.0 Å². The van der Waals surface area contributed by atoms with Gasteiger partial charge in [-0.15, -0.1) is 0 Å². The number of carbonyl (C=O) groups is 1. The molecule has 1 atom stereocenters. The van der Waals surface area contributed by atoms with Crippen molar-refractivity contribution in [3.05, 3.63) is 38.9 Å². The molecule has 7 heteroatoms. The van der Waals surface area contributed by atoms with Crippen LogP contribution in [0.5, 0.6) is 0 Å². The van der Waals surface area contributed by atoms with E-state index in [2.05, 4.69) is 0 Å². The molecular formula is C13H15ClN2O4. The van der Waals surface area contributed by atoms with E-state index in [1.54, 1.807) is 0 Å². The number of piperidine rings is 1. The highest BCUT2D eigenvalue weighted by atomic mass is 35.5. The number of benzene rings is 1. The summed E-state index contributed by atoms with van der Waals surface area (Å²) in [5.41, 5.74) is -0.355. The number of likely N-dealkylation sites (tertiary alicyclic amines) is 1. The lowest BCUT2D eigenvalue weighted by Gasteiger charge is -2.31. The molecule has 0 aromatic heterocycles. The zero-order valence-electron chi connectivity index (χ0n) is 10.8. The lowest BCUT2D eigenvalue weighted by Crippen LogP contribution is -2.41. The Labute approximate surface area is 121 Å². The van der Waals surface area contributed by atoms with E-state index < -0.39 is 10.8 Å². The second kappa shape index (κ2) is 6.19. The first-order valence-corrected chi connectivity index (χ1v) is 6.75. The average molecular weight is 299 g/mol. The van der Waals surface area contributed by atoms with Gasteiger partial charge in [0.15, 0.2) is 0 Å². The number of aliphatic hydroxyl groups is 1. The molecule has 1 heterocycles. The number of nitro benzene ring substituents is 1. The van der Waals surface area contributed by atoms with Crippen LogP contribution in [-0.4, -0.2) is 40.5 Å². The van der Waals surface area contributed by atoms with E-state index >= 15 is 0 Å². The zero-order valence-corrected chi connectivity index (χ0v) is 11.5. The molecule has 1 aromatic carbocycles. The highest BCUT2D eigenvalue weighted by Gasteiger charge is 2.30. The van der Waals surface area contributed by atoms with Gasteiger partial charge in [-0.25, -0.2) is 0 Å². The van der Waals surface area contributed by atoms with E-state index in [4.69, 9.17) is 11.6 Å². The number of hydrogen-bond acceptors (Lipinski definition) is 4. The molecule has 1 aliphatic rings. The van der Waals surface area contributed by atoms with Crippen LogP contribution in [0.3, 0.4) is 0 Å². The standard InChI is InChI=1S/C13H15ClN2O4/c14-10-4-1-5-11(16(19)20)12(10)13(18)15-6-2-3-9(7-15)8-17/h1,4-5,9,17H,2-3,6-8H2. The summed E-state index contributed by atoms with van der Waals surface area (Å²) in [5, 5.41) is 20.3. The van der Waals surface area contributed by atoms with E-state index in [1.165, 1.54) is 23.1 Å². The van der Waals surface area contributed by atoms with Crippen molar-refractivity contribution in [2.45, 2.75) is 12.8 Å². The molecule has 6 nitrogen and oxygen atoms in total. The Kier molecular flexibility index (Phi) is 4.57. The highest BCUT2D eigenvalue weighted by Crippen LogP contribution is 2.29. The first kappa shape index (κ1) is 14.7. The van der Waals surface area contributed by atoms with Gasteiger partial charge in [0.25, 0.3) is 11.6 Å². The fourth-order valence-electron chi connectivity index (χ4n) is 2.43. The largest absolute Gasteiger partial charge is 0.396 e. The normalized spacial score (nSPS) is 18.9. The number of aliphatic hydroxyl groups excluding tert-OH is 1. The maximum Gasteiger partial charge on any atom is 0.283 e. The van der Waals surface area contributed by atoms with E-state index in [0.717, 1.165) is 12.8 Å². The van der Waals surface area contributed by atoms with Gasteiger partial charge in [0, 0.05) is 25.8 Å². The number of nitro groups is 1. The number of amides is 1. The SMILES string of the molecule is O=C(c1c(Cl)cccc1[N+](=O)[O-])N1CCCC(CO)C1. The molecule has 1 unspecified atom stereocenters. The van der Waals surface area contributed by atoms with Gasteiger partial charge in [0.05, 0.1) is 9.95 Å². The second-order valence-corrected chi connectivity index (χ2v) is 5.24. The van der Waals surface area contributed by atoms with Crippen LogP contribution in [0.15, 0.2) is 18.2 Å². The van der Waals surface area contributed by atoms with Crippen LogP contribution >= 0.6 is 11.6 Å². The molecule has 0 spiro atoms. The van der Waals surface area contributed by atoms with Gasteiger partial charge in [0.1, 0.15) is 5.56 Å². The summed E-state index contributed by atoms with van der Waals surface area (Å²) >= 11 is 5.96. The van der Waals surface area contributed by atoms with Crippen molar-refractivity contribution in [1.29, 1.82) is 0 Å². The van der Waals surface area contributed by atoms with Crippen LogP contribution in [-0.2, 0) is 0 Å². The summed E-state index contributed by atoms with van der Waals surface area (Å²) in [6, 6.07) is 4.19. The molecule has 0 aliphatic carbocycles. The third-order valence-electron chi connectivity index (χ3n) is 3.47. The van der Waals surface area contributed by atoms with Gasteiger partial charge in [0.2, 0.25) is 0 Å². The van der Waals surface area contributed by atoms with Crippen LogP contribution in [0.1, 0.15) is 23.2 Å². The summed E-state index contributed by atoms with van der Waals surface area (Å²) in [5.74, 6) is -0.422. The first-order valence-electron chi connectivity index (χ1n) is 6.37. The fourth-order valence-corrected chi connectivity index (χ4v) is 2.68. The molecule has 108 valence electrons.